The molecular formula is C23H24N2O2S. The van der Waals surface area contributed by atoms with Gasteiger partial charge in [-0.25, -0.2) is 0 Å². The van der Waals surface area contributed by atoms with Gasteiger partial charge in [0, 0.05) is 23.0 Å². The minimum atomic E-state index is 0.241. The number of benzene rings is 3. The molecule has 0 aromatic heterocycles. The molecule has 0 bridgehead atoms. The number of phenolic OH excluding ortho intramolecular Hbond substituents is 1. The summed E-state index contributed by atoms with van der Waals surface area (Å²) < 4.78 is 5.36. The van der Waals surface area contributed by atoms with Crippen LogP contribution in [0.1, 0.15) is 18.1 Å². The minimum Gasteiger partial charge on any atom is -0.508 e. The lowest BCUT2D eigenvalue weighted by Gasteiger charge is -2.27. The first-order valence-corrected chi connectivity index (χ1v) is 9.60. The summed E-state index contributed by atoms with van der Waals surface area (Å²) in [6.07, 6.45) is 0.994. The Morgan fingerprint density at radius 1 is 1.04 bits per heavy atom. The first kappa shape index (κ1) is 19.7. The van der Waals surface area contributed by atoms with Crippen LogP contribution in [0.4, 0.5) is 11.4 Å². The van der Waals surface area contributed by atoms with E-state index in [4.69, 9.17) is 17.0 Å². The second-order valence-corrected chi connectivity index (χ2v) is 6.78. The fraction of sp³-hybridized carbons (Fsp3) is 0.174. The lowest BCUT2D eigenvalue weighted by Crippen LogP contribution is -2.34. The summed E-state index contributed by atoms with van der Waals surface area (Å²) in [5.41, 5.74) is 3.86. The minimum absolute atomic E-state index is 0.241. The van der Waals surface area contributed by atoms with E-state index >= 15 is 0 Å². The summed E-state index contributed by atoms with van der Waals surface area (Å²) >= 11 is 5.72. The Hall–Kier alpha value is -3.05. The highest BCUT2D eigenvalue weighted by molar-refractivity contribution is 7.80. The molecule has 0 fully saturated rings. The van der Waals surface area contributed by atoms with Crippen LogP contribution in [-0.4, -0.2) is 17.3 Å². The van der Waals surface area contributed by atoms with Crippen LogP contribution in [0.25, 0.3) is 0 Å². The summed E-state index contributed by atoms with van der Waals surface area (Å²) in [7, 11) is 1.64. The van der Waals surface area contributed by atoms with Crippen LogP contribution in [0.15, 0.2) is 72.8 Å². The molecule has 0 saturated carbocycles. The zero-order valence-corrected chi connectivity index (χ0v) is 16.9. The predicted molar refractivity (Wildman–Crippen MR) is 119 cm³/mol. The summed E-state index contributed by atoms with van der Waals surface area (Å²) in [6, 6.07) is 23.2. The Balaban J connectivity index is 1.89. The quantitative estimate of drug-likeness (QED) is 0.553. The molecule has 0 saturated heterocycles. The van der Waals surface area contributed by atoms with Crippen molar-refractivity contribution in [1.82, 2.24) is 0 Å². The molecule has 5 heteroatoms. The van der Waals surface area contributed by atoms with Gasteiger partial charge in [0.05, 0.1) is 13.7 Å². The number of aryl methyl sites for hydroxylation is 1. The van der Waals surface area contributed by atoms with Crippen LogP contribution in [0.2, 0.25) is 0 Å². The van der Waals surface area contributed by atoms with Crippen LogP contribution in [0, 0.1) is 0 Å². The number of para-hydroxylation sites is 1. The van der Waals surface area contributed by atoms with Gasteiger partial charge < -0.3 is 20.1 Å². The molecule has 144 valence electrons. The average Bonchev–Trinajstić information content (AvgIpc) is 2.73. The third-order valence-corrected chi connectivity index (χ3v) is 4.87. The van der Waals surface area contributed by atoms with Crippen LogP contribution < -0.4 is 15.0 Å². The third kappa shape index (κ3) is 4.81. The number of hydrogen-bond acceptors (Lipinski definition) is 3. The van der Waals surface area contributed by atoms with Crippen molar-refractivity contribution >= 4 is 28.7 Å². The molecule has 0 heterocycles. The summed E-state index contributed by atoms with van der Waals surface area (Å²) in [4.78, 5) is 1.95. The van der Waals surface area contributed by atoms with Gasteiger partial charge in [0.25, 0.3) is 0 Å². The number of methoxy groups -OCH3 is 1. The molecule has 0 aliphatic rings. The molecule has 4 nitrogen and oxygen atoms in total. The smallest absolute Gasteiger partial charge is 0.178 e. The van der Waals surface area contributed by atoms with Gasteiger partial charge >= 0.3 is 0 Å². The number of hydrogen-bond donors (Lipinski definition) is 2. The summed E-state index contributed by atoms with van der Waals surface area (Å²) in [6.45, 7) is 2.56. The molecule has 0 radical (unpaired) electrons. The van der Waals surface area contributed by atoms with Gasteiger partial charge in [-0.05, 0) is 54.5 Å². The Kier molecular flexibility index (Phi) is 6.50. The Bertz CT molecular complexity index is 941. The number of rotatable bonds is 6. The van der Waals surface area contributed by atoms with Crippen molar-refractivity contribution in [2.24, 2.45) is 0 Å². The monoisotopic (exact) mass is 392 g/mol. The standard InChI is InChI=1S/C23H24N2O2S/c1-3-17-11-13-19(14-12-17)24-23(28)25(16-18-7-4-5-10-22(18)26)20-8-6-9-21(15-20)27-2/h4-15,26H,3,16H2,1-2H3,(H,24,28). The number of anilines is 2. The largest absolute Gasteiger partial charge is 0.508 e. The molecule has 3 rings (SSSR count). The zero-order valence-electron chi connectivity index (χ0n) is 16.1. The van der Waals surface area contributed by atoms with Gasteiger partial charge in [-0.1, -0.05) is 43.3 Å². The van der Waals surface area contributed by atoms with E-state index in [2.05, 4.69) is 24.4 Å². The molecule has 28 heavy (non-hydrogen) atoms. The van der Waals surface area contributed by atoms with E-state index in [1.165, 1.54) is 5.56 Å². The van der Waals surface area contributed by atoms with Crippen LogP contribution in [0.3, 0.4) is 0 Å². The Morgan fingerprint density at radius 3 is 2.46 bits per heavy atom. The number of phenols is 1. The van der Waals surface area contributed by atoms with E-state index in [1.54, 1.807) is 19.2 Å². The van der Waals surface area contributed by atoms with Crippen molar-refractivity contribution in [2.75, 3.05) is 17.3 Å². The van der Waals surface area contributed by atoms with E-state index in [-0.39, 0.29) is 5.75 Å². The lowest BCUT2D eigenvalue weighted by molar-refractivity contribution is 0.415. The van der Waals surface area contributed by atoms with E-state index in [0.717, 1.165) is 29.1 Å². The topological polar surface area (TPSA) is 44.7 Å². The number of nitrogens with one attached hydrogen (secondary N) is 1. The molecule has 0 spiro atoms. The highest BCUT2D eigenvalue weighted by Crippen LogP contribution is 2.26. The number of aromatic hydroxyl groups is 1. The highest BCUT2D eigenvalue weighted by Gasteiger charge is 2.16. The van der Waals surface area contributed by atoms with E-state index in [1.807, 2.05) is 53.4 Å². The van der Waals surface area contributed by atoms with Crippen LogP contribution in [0.5, 0.6) is 11.5 Å². The van der Waals surface area contributed by atoms with Crippen LogP contribution in [-0.2, 0) is 13.0 Å². The predicted octanol–water partition coefficient (Wildman–Crippen LogP) is 5.37. The lowest BCUT2D eigenvalue weighted by atomic mass is 10.1. The maximum Gasteiger partial charge on any atom is 0.178 e. The maximum atomic E-state index is 10.2. The zero-order chi connectivity index (χ0) is 19.9. The number of nitrogens with zero attached hydrogens (tertiary/aromatic N) is 1. The average molecular weight is 393 g/mol. The van der Waals surface area contributed by atoms with Crippen LogP contribution >= 0.6 is 12.2 Å². The normalized spacial score (nSPS) is 10.4. The van der Waals surface area contributed by atoms with Crippen molar-refractivity contribution in [2.45, 2.75) is 19.9 Å². The Labute approximate surface area is 171 Å². The van der Waals surface area contributed by atoms with Gasteiger partial charge in [-0.2, -0.15) is 0 Å². The highest BCUT2D eigenvalue weighted by atomic mass is 32.1. The Morgan fingerprint density at radius 2 is 1.79 bits per heavy atom. The molecular weight excluding hydrogens is 368 g/mol. The SMILES string of the molecule is CCc1ccc(NC(=S)N(Cc2ccccc2O)c2cccc(OC)c2)cc1. The third-order valence-electron chi connectivity index (χ3n) is 4.54. The van der Waals surface area contributed by atoms with E-state index in [0.29, 0.717) is 11.7 Å². The van der Waals surface area contributed by atoms with Crippen molar-refractivity contribution in [1.29, 1.82) is 0 Å². The maximum absolute atomic E-state index is 10.2. The first-order valence-electron chi connectivity index (χ1n) is 9.19. The summed E-state index contributed by atoms with van der Waals surface area (Å²) in [5.74, 6) is 0.986. The van der Waals surface area contributed by atoms with Crippen molar-refractivity contribution in [3.63, 3.8) is 0 Å². The molecule has 0 aliphatic carbocycles. The molecule has 0 unspecified atom stereocenters. The fourth-order valence-corrected chi connectivity index (χ4v) is 3.18. The molecule has 0 aliphatic heterocycles. The van der Waals surface area contributed by atoms with E-state index < -0.39 is 0 Å². The second-order valence-electron chi connectivity index (χ2n) is 6.40. The molecule has 3 aromatic rings. The molecule has 0 amide bonds. The van der Waals surface area contributed by atoms with Gasteiger partial charge in [-0.3, -0.25) is 0 Å². The molecule has 0 atom stereocenters. The first-order chi connectivity index (χ1) is 13.6. The van der Waals surface area contributed by atoms with Gasteiger partial charge in [-0.15, -0.1) is 0 Å². The van der Waals surface area contributed by atoms with Gasteiger partial charge in [0.15, 0.2) is 5.11 Å². The fourth-order valence-electron chi connectivity index (χ4n) is 2.89. The van der Waals surface area contributed by atoms with Crippen molar-refractivity contribution in [3.8, 4) is 11.5 Å². The number of thiocarbonyl (C=S) groups is 1. The number of ether oxygens (including phenoxy) is 1. The van der Waals surface area contributed by atoms with Gasteiger partial charge in [0.1, 0.15) is 11.5 Å². The van der Waals surface area contributed by atoms with E-state index in [9.17, 15) is 5.11 Å². The van der Waals surface area contributed by atoms with Crippen molar-refractivity contribution < 1.29 is 9.84 Å². The second kappa shape index (κ2) is 9.24. The molecule has 2 N–H and O–H groups in total. The van der Waals surface area contributed by atoms with Crippen molar-refractivity contribution in [3.05, 3.63) is 83.9 Å². The molecule has 3 aromatic carbocycles. The van der Waals surface area contributed by atoms with Gasteiger partial charge in [0.2, 0.25) is 0 Å². The summed E-state index contributed by atoms with van der Waals surface area (Å²) in [5, 5.41) is 14.1.